The first-order valence-corrected chi connectivity index (χ1v) is 15.3. The Bertz CT molecular complexity index is 1700. The van der Waals surface area contributed by atoms with Crippen LogP contribution >= 0.6 is 0 Å². The Labute approximate surface area is 221 Å². The molecule has 0 bridgehead atoms. The summed E-state index contributed by atoms with van der Waals surface area (Å²) < 4.78 is 48.5. The van der Waals surface area contributed by atoms with Gasteiger partial charge in [0.1, 0.15) is 5.69 Å². The van der Waals surface area contributed by atoms with Gasteiger partial charge in [-0.15, -0.1) is 0 Å². The maximum absolute atomic E-state index is 13.3. The van der Waals surface area contributed by atoms with Crippen molar-refractivity contribution >= 4 is 53.8 Å². The molecular weight excluding hydrogens is 526 g/mol. The monoisotopic (exact) mass is 553 g/mol. The molecule has 0 aliphatic carbocycles. The molecule has 0 spiro atoms. The van der Waals surface area contributed by atoms with E-state index in [4.69, 9.17) is 0 Å². The van der Waals surface area contributed by atoms with Crippen LogP contribution in [0, 0.1) is 0 Å². The molecule has 0 unspecified atom stereocenters. The Balaban J connectivity index is 1.70. The lowest BCUT2D eigenvalue weighted by atomic mass is 10.2. The van der Waals surface area contributed by atoms with Gasteiger partial charge in [0, 0.05) is 35.0 Å². The molecule has 1 aromatic heterocycles. The average molecular weight is 554 g/mol. The molecule has 11 heteroatoms. The number of rotatable bonds is 8. The van der Waals surface area contributed by atoms with Crippen LogP contribution in [0.2, 0.25) is 0 Å². The van der Waals surface area contributed by atoms with E-state index in [0.717, 1.165) is 25.1 Å². The highest BCUT2D eigenvalue weighted by atomic mass is 32.3. The SMILES string of the molecule is CC(CC(=O)Nc1ccc2c(c1)cc(C(=O)Nc1ccccc1)n2-c1ccccc1)(S(C)(=O)=O)S(C)(=O)=O. The molecular formula is C27H27N3O6S2. The van der Waals surface area contributed by atoms with Gasteiger partial charge in [-0.2, -0.15) is 0 Å². The third kappa shape index (κ3) is 5.34. The Morgan fingerprint density at radius 2 is 1.34 bits per heavy atom. The molecule has 1 heterocycles. The molecule has 198 valence electrons. The number of carbonyl (C=O) groups excluding carboxylic acids is 2. The number of para-hydroxylation sites is 2. The van der Waals surface area contributed by atoms with Crippen molar-refractivity contribution in [3.8, 4) is 5.69 Å². The second-order valence-electron chi connectivity index (χ2n) is 9.20. The van der Waals surface area contributed by atoms with Crippen LogP contribution in [0.1, 0.15) is 23.8 Å². The Morgan fingerprint density at radius 1 is 0.763 bits per heavy atom. The molecule has 0 aliphatic rings. The summed E-state index contributed by atoms with van der Waals surface area (Å²) in [4.78, 5) is 26.0. The lowest BCUT2D eigenvalue weighted by molar-refractivity contribution is -0.116. The predicted octanol–water partition coefficient (Wildman–Crippen LogP) is 4.02. The Kier molecular flexibility index (Phi) is 7.18. The number of carbonyl (C=O) groups is 2. The minimum atomic E-state index is -4.11. The average Bonchev–Trinajstić information content (AvgIpc) is 3.22. The summed E-state index contributed by atoms with van der Waals surface area (Å²) in [5.74, 6) is -1.11. The first-order chi connectivity index (χ1) is 17.8. The maximum Gasteiger partial charge on any atom is 0.272 e. The summed E-state index contributed by atoms with van der Waals surface area (Å²) in [6, 6.07) is 25.0. The van der Waals surface area contributed by atoms with Gasteiger partial charge in [-0.1, -0.05) is 36.4 Å². The lowest BCUT2D eigenvalue weighted by Crippen LogP contribution is -2.45. The second-order valence-corrected chi connectivity index (χ2v) is 14.3. The van der Waals surface area contributed by atoms with E-state index >= 15 is 0 Å². The molecule has 3 aromatic carbocycles. The molecule has 4 aromatic rings. The first-order valence-electron chi connectivity index (χ1n) is 11.6. The minimum Gasteiger partial charge on any atom is -0.326 e. The number of nitrogens with zero attached hydrogens (tertiary/aromatic N) is 1. The fourth-order valence-corrected chi connectivity index (χ4v) is 7.05. The summed E-state index contributed by atoms with van der Waals surface area (Å²) in [6.45, 7) is 1.03. The number of nitrogens with one attached hydrogen (secondary N) is 2. The van der Waals surface area contributed by atoms with Gasteiger partial charge in [0.25, 0.3) is 5.91 Å². The molecule has 4 rings (SSSR count). The van der Waals surface area contributed by atoms with E-state index in [1.165, 1.54) is 0 Å². The summed E-state index contributed by atoms with van der Waals surface area (Å²) in [5.41, 5.74) is 2.78. The molecule has 0 aliphatic heterocycles. The van der Waals surface area contributed by atoms with Gasteiger partial charge < -0.3 is 15.2 Å². The van der Waals surface area contributed by atoms with Crippen LogP contribution in [0.15, 0.2) is 84.9 Å². The highest BCUT2D eigenvalue weighted by molar-refractivity contribution is 8.09. The van der Waals surface area contributed by atoms with Crippen molar-refractivity contribution < 1.29 is 26.4 Å². The van der Waals surface area contributed by atoms with Crippen LogP contribution in [0.3, 0.4) is 0 Å². The van der Waals surface area contributed by atoms with E-state index in [2.05, 4.69) is 10.6 Å². The first kappa shape index (κ1) is 27.1. The minimum absolute atomic E-state index is 0.326. The predicted molar refractivity (Wildman–Crippen MR) is 149 cm³/mol. The number of sulfone groups is 2. The summed E-state index contributed by atoms with van der Waals surface area (Å²) in [6.07, 6.45) is 0.821. The lowest BCUT2D eigenvalue weighted by Gasteiger charge is -2.25. The standard InChI is InChI=1S/C27H27N3O6S2/c1-27(37(2,33)34,38(3,35)36)18-25(31)28-21-14-15-23-19(16-21)17-24(30(23)22-12-8-5-9-13-22)26(32)29-20-10-6-4-7-11-20/h4-17H,18H2,1-3H3,(H,28,31)(H,29,32). The van der Waals surface area contributed by atoms with Gasteiger partial charge in [0.05, 0.1) is 11.9 Å². The number of benzene rings is 3. The molecule has 0 saturated heterocycles. The zero-order valence-corrected chi connectivity index (χ0v) is 22.6. The van der Waals surface area contributed by atoms with Gasteiger partial charge in [-0.05, 0) is 55.5 Å². The van der Waals surface area contributed by atoms with E-state index < -0.39 is 36.1 Å². The number of anilines is 2. The van der Waals surface area contributed by atoms with Crippen molar-refractivity contribution in [2.24, 2.45) is 0 Å². The van der Waals surface area contributed by atoms with Crippen molar-refractivity contribution in [1.82, 2.24) is 4.57 Å². The van der Waals surface area contributed by atoms with Crippen molar-refractivity contribution in [2.75, 3.05) is 23.1 Å². The fraction of sp³-hybridized carbons (Fsp3) is 0.185. The Hall–Kier alpha value is -3.96. The van der Waals surface area contributed by atoms with Crippen LogP contribution in [0.5, 0.6) is 0 Å². The number of hydrogen-bond donors (Lipinski definition) is 2. The smallest absolute Gasteiger partial charge is 0.272 e. The van der Waals surface area contributed by atoms with Crippen molar-refractivity contribution in [3.05, 3.63) is 90.6 Å². The van der Waals surface area contributed by atoms with E-state index in [-0.39, 0.29) is 5.91 Å². The summed E-state index contributed by atoms with van der Waals surface area (Å²) >= 11 is 0. The van der Waals surface area contributed by atoms with Gasteiger partial charge in [0.15, 0.2) is 23.8 Å². The summed E-state index contributed by atoms with van der Waals surface area (Å²) in [5, 5.41) is 6.12. The van der Waals surface area contributed by atoms with E-state index in [9.17, 15) is 26.4 Å². The van der Waals surface area contributed by atoms with Gasteiger partial charge in [0.2, 0.25) is 5.91 Å². The van der Waals surface area contributed by atoms with Crippen molar-refractivity contribution in [1.29, 1.82) is 0 Å². The van der Waals surface area contributed by atoms with E-state index in [1.54, 1.807) is 41.0 Å². The molecule has 0 fully saturated rings. The molecule has 2 N–H and O–H groups in total. The van der Waals surface area contributed by atoms with Gasteiger partial charge >= 0.3 is 0 Å². The number of amides is 2. The number of hydrogen-bond acceptors (Lipinski definition) is 6. The third-order valence-corrected chi connectivity index (χ3v) is 11.7. The Morgan fingerprint density at radius 3 is 1.92 bits per heavy atom. The van der Waals surface area contributed by atoms with Crippen LogP contribution in [0.4, 0.5) is 11.4 Å². The quantitative estimate of drug-likeness (QED) is 0.339. The fourth-order valence-electron chi connectivity index (χ4n) is 4.07. The van der Waals surface area contributed by atoms with Gasteiger partial charge in [-0.3, -0.25) is 9.59 Å². The van der Waals surface area contributed by atoms with Crippen LogP contribution in [0.25, 0.3) is 16.6 Å². The van der Waals surface area contributed by atoms with E-state index in [0.29, 0.717) is 28.0 Å². The number of fused-ring (bicyclic) bond motifs is 1. The summed E-state index contributed by atoms with van der Waals surface area (Å²) in [7, 11) is -8.22. The normalized spacial score (nSPS) is 12.3. The zero-order valence-electron chi connectivity index (χ0n) is 21.0. The molecule has 0 radical (unpaired) electrons. The molecule has 0 atom stereocenters. The highest BCUT2D eigenvalue weighted by Gasteiger charge is 2.47. The van der Waals surface area contributed by atoms with Gasteiger partial charge in [-0.25, -0.2) is 16.8 Å². The molecule has 2 amide bonds. The largest absolute Gasteiger partial charge is 0.326 e. The third-order valence-electron chi connectivity index (χ3n) is 6.41. The van der Waals surface area contributed by atoms with Crippen molar-refractivity contribution in [3.63, 3.8) is 0 Å². The number of aromatic nitrogens is 1. The maximum atomic E-state index is 13.3. The van der Waals surface area contributed by atoms with Crippen LogP contribution in [-0.4, -0.2) is 49.8 Å². The highest BCUT2D eigenvalue weighted by Crippen LogP contribution is 2.30. The zero-order chi connectivity index (χ0) is 27.7. The topological polar surface area (TPSA) is 131 Å². The van der Waals surface area contributed by atoms with Crippen LogP contribution < -0.4 is 10.6 Å². The molecule has 38 heavy (non-hydrogen) atoms. The van der Waals surface area contributed by atoms with E-state index in [1.807, 2.05) is 48.5 Å². The van der Waals surface area contributed by atoms with Crippen LogP contribution in [-0.2, 0) is 24.5 Å². The van der Waals surface area contributed by atoms with Crippen molar-refractivity contribution in [2.45, 2.75) is 17.4 Å². The molecule has 0 saturated carbocycles. The second kappa shape index (κ2) is 10.1. The molecule has 9 nitrogen and oxygen atoms in total.